The lowest BCUT2D eigenvalue weighted by Gasteiger charge is -2.32. The highest BCUT2D eigenvalue weighted by Crippen LogP contribution is 2.25. The highest BCUT2D eigenvalue weighted by atomic mass is 32.2. The van der Waals surface area contributed by atoms with Gasteiger partial charge in [0.15, 0.2) is 0 Å². The van der Waals surface area contributed by atoms with Gasteiger partial charge < -0.3 is 5.11 Å². The van der Waals surface area contributed by atoms with Crippen LogP contribution < -0.4 is 5.48 Å². The minimum atomic E-state index is -4.17. The van der Waals surface area contributed by atoms with Gasteiger partial charge in [-0.05, 0) is 35.7 Å². The van der Waals surface area contributed by atoms with Crippen molar-refractivity contribution in [3.63, 3.8) is 0 Å². The normalized spacial score (nSPS) is 12.8. The summed E-state index contributed by atoms with van der Waals surface area (Å²) in [6, 6.07) is 12.3. The van der Waals surface area contributed by atoms with Crippen LogP contribution in [0.3, 0.4) is 0 Å². The summed E-state index contributed by atoms with van der Waals surface area (Å²) >= 11 is 0. The number of sulfonamides is 1. The van der Waals surface area contributed by atoms with Crippen molar-refractivity contribution in [3.05, 3.63) is 65.7 Å². The Bertz CT molecular complexity index is 927. The second kappa shape index (κ2) is 8.96. The second-order valence-electron chi connectivity index (χ2n) is 6.53. The maximum atomic E-state index is 13.3. The Morgan fingerprint density at radius 1 is 1.04 bits per heavy atom. The summed E-state index contributed by atoms with van der Waals surface area (Å²) < 4.78 is 27.6. The standard InChI is InChI=1S/C19H22N2O6S/c1-13(2)17(18(22)20-25)21(12-14-6-4-3-5-7-14)28(26,27)16-10-8-15(9-11-16)19(23)24/h3-11,13,17,25H,12H2,1-2H3,(H,20,22)(H,23,24)/t17-/m0/s1. The third-order valence-corrected chi connectivity index (χ3v) is 6.05. The molecule has 0 unspecified atom stereocenters. The number of benzene rings is 2. The predicted octanol–water partition coefficient (Wildman–Crippen LogP) is 2.11. The fourth-order valence-corrected chi connectivity index (χ4v) is 4.54. The van der Waals surface area contributed by atoms with Gasteiger partial charge >= 0.3 is 5.97 Å². The number of nitrogens with one attached hydrogen (secondary N) is 1. The minimum Gasteiger partial charge on any atom is -0.478 e. The van der Waals surface area contributed by atoms with E-state index in [1.165, 1.54) is 29.7 Å². The van der Waals surface area contributed by atoms with E-state index in [4.69, 9.17) is 10.3 Å². The van der Waals surface area contributed by atoms with E-state index in [0.717, 1.165) is 4.31 Å². The average Bonchev–Trinajstić information content (AvgIpc) is 2.67. The average molecular weight is 406 g/mol. The number of hydrogen-bond donors (Lipinski definition) is 3. The molecule has 0 aliphatic rings. The van der Waals surface area contributed by atoms with Gasteiger partial charge in [0.1, 0.15) is 6.04 Å². The van der Waals surface area contributed by atoms with Crippen LogP contribution in [0, 0.1) is 5.92 Å². The molecule has 1 amide bonds. The van der Waals surface area contributed by atoms with E-state index >= 15 is 0 Å². The number of aromatic carboxylic acids is 1. The lowest BCUT2D eigenvalue weighted by molar-refractivity contribution is -0.134. The van der Waals surface area contributed by atoms with E-state index in [-0.39, 0.29) is 17.0 Å². The van der Waals surface area contributed by atoms with Crippen LogP contribution in [0.25, 0.3) is 0 Å². The van der Waals surface area contributed by atoms with Crippen molar-refractivity contribution in [1.82, 2.24) is 9.79 Å². The van der Waals surface area contributed by atoms with Crippen molar-refractivity contribution in [3.8, 4) is 0 Å². The van der Waals surface area contributed by atoms with Gasteiger partial charge in [0.25, 0.3) is 5.91 Å². The summed E-state index contributed by atoms with van der Waals surface area (Å²) in [7, 11) is -4.17. The molecule has 2 aromatic rings. The third kappa shape index (κ3) is 4.75. The molecule has 2 aromatic carbocycles. The predicted molar refractivity (Wildman–Crippen MR) is 101 cm³/mol. The Labute approximate surface area is 163 Å². The number of nitrogens with zero attached hydrogens (tertiary/aromatic N) is 1. The highest BCUT2D eigenvalue weighted by Gasteiger charge is 2.38. The molecule has 0 heterocycles. The molecule has 0 aromatic heterocycles. The van der Waals surface area contributed by atoms with Crippen LogP contribution in [-0.2, 0) is 21.4 Å². The molecular formula is C19H22N2O6S. The van der Waals surface area contributed by atoms with Crippen LogP contribution in [0.2, 0.25) is 0 Å². The van der Waals surface area contributed by atoms with Gasteiger partial charge in [-0.3, -0.25) is 10.0 Å². The Balaban J connectivity index is 2.54. The SMILES string of the molecule is CC(C)[C@@H](C(=O)NO)N(Cc1ccccc1)S(=O)(=O)c1ccc(C(=O)O)cc1. The van der Waals surface area contributed by atoms with Crippen molar-refractivity contribution >= 4 is 21.9 Å². The molecule has 28 heavy (non-hydrogen) atoms. The molecular weight excluding hydrogens is 384 g/mol. The van der Waals surface area contributed by atoms with Crippen molar-refractivity contribution in [2.24, 2.45) is 5.92 Å². The molecule has 0 aliphatic carbocycles. The zero-order chi connectivity index (χ0) is 20.9. The number of carbonyl (C=O) groups excluding carboxylic acids is 1. The molecule has 0 saturated carbocycles. The van der Waals surface area contributed by atoms with Gasteiger partial charge in [0.2, 0.25) is 10.0 Å². The van der Waals surface area contributed by atoms with Gasteiger partial charge in [-0.15, -0.1) is 0 Å². The largest absolute Gasteiger partial charge is 0.478 e. The van der Waals surface area contributed by atoms with Gasteiger partial charge in [0.05, 0.1) is 10.5 Å². The van der Waals surface area contributed by atoms with E-state index in [1.807, 2.05) is 0 Å². The van der Waals surface area contributed by atoms with Crippen LogP contribution in [0.4, 0.5) is 0 Å². The van der Waals surface area contributed by atoms with Crippen LogP contribution in [-0.4, -0.2) is 41.0 Å². The number of carbonyl (C=O) groups is 2. The topological polar surface area (TPSA) is 124 Å². The molecule has 150 valence electrons. The minimum absolute atomic E-state index is 0.0536. The molecule has 2 rings (SSSR count). The van der Waals surface area contributed by atoms with Crippen molar-refractivity contribution in [1.29, 1.82) is 0 Å². The third-order valence-electron chi connectivity index (χ3n) is 4.21. The molecule has 9 heteroatoms. The van der Waals surface area contributed by atoms with Crippen LogP contribution in [0.5, 0.6) is 0 Å². The summed E-state index contributed by atoms with van der Waals surface area (Å²) in [5.41, 5.74) is 2.14. The summed E-state index contributed by atoms with van der Waals surface area (Å²) in [5, 5.41) is 18.1. The first-order valence-corrected chi connectivity index (χ1v) is 9.95. The quantitative estimate of drug-likeness (QED) is 0.456. The summed E-state index contributed by atoms with van der Waals surface area (Å²) in [6.07, 6.45) is 0. The van der Waals surface area contributed by atoms with Gasteiger partial charge in [-0.25, -0.2) is 18.7 Å². The molecule has 8 nitrogen and oxygen atoms in total. The Morgan fingerprint density at radius 2 is 1.61 bits per heavy atom. The van der Waals surface area contributed by atoms with Gasteiger partial charge in [-0.1, -0.05) is 44.2 Å². The second-order valence-corrected chi connectivity index (χ2v) is 8.42. The van der Waals surface area contributed by atoms with Gasteiger partial charge in [0, 0.05) is 6.54 Å². The molecule has 0 radical (unpaired) electrons. The zero-order valence-corrected chi connectivity index (χ0v) is 16.3. The van der Waals surface area contributed by atoms with E-state index in [0.29, 0.717) is 5.56 Å². The number of hydroxylamine groups is 1. The zero-order valence-electron chi connectivity index (χ0n) is 15.4. The summed E-state index contributed by atoms with van der Waals surface area (Å²) in [5.74, 6) is -2.47. The first-order valence-electron chi connectivity index (χ1n) is 8.51. The first kappa shape index (κ1) is 21.5. The highest BCUT2D eigenvalue weighted by molar-refractivity contribution is 7.89. The van der Waals surface area contributed by atoms with Crippen molar-refractivity contribution in [2.45, 2.75) is 31.3 Å². The monoisotopic (exact) mass is 406 g/mol. The molecule has 3 N–H and O–H groups in total. The number of hydrogen-bond acceptors (Lipinski definition) is 5. The maximum absolute atomic E-state index is 13.3. The number of amides is 1. The first-order chi connectivity index (χ1) is 13.2. The number of carboxylic acids is 1. The van der Waals surface area contributed by atoms with E-state index in [9.17, 15) is 18.0 Å². The van der Waals surface area contributed by atoms with Crippen LogP contribution >= 0.6 is 0 Å². The van der Waals surface area contributed by atoms with Gasteiger partial charge in [-0.2, -0.15) is 4.31 Å². The summed E-state index contributed by atoms with van der Waals surface area (Å²) in [6.45, 7) is 3.24. The number of carboxylic acid groups (broad SMARTS) is 1. The van der Waals surface area contributed by atoms with Crippen LogP contribution in [0.15, 0.2) is 59.5 Å². The van der Waals surface area contributed by atoms with E-state index in [1.54, 1.807) is 44.2 Å². The smallest absolute Gasteiger partial charge is 0.335 e. The lowest BCUT2D eigenvalue weighted by Crippen LogP contribution is -2.51. The fourth-order valence-electron chi connectivity index (χ4n) is 2.83. The van der Waals surface area contributed by atoms with E-state index in [2.05, 4.69) is 0 Å². The fraction of sp³-hybridized carbons (Fsp3) is 0.263. The Kier molecular flexibility index (Phi) is 6.90. The Hall–Kier alpha value is -2.75. The van der Waals surface area contributed by atoms with Crippen molar-refractivity contribution < 1.29 is 28.3 Å². The molecule has 0 fully saturated rings. The molecule has 0 saturated heterocycles. The molecule has 0 spiro atoms. The maximum Gasteiger partial charge on any atom is 0.335 e. The summed E-state index contributed by atoms with van der Waals surface area (Å²) in [4.78, 5) is 23.1. The molecule has 1 atom stereocenters. The lowest BCUT2D eigenvalue weighted by atomic mass is 10.0. The van der Waals surface area contributed by atoms with E-state index < -0.39 is 33.9 Å². The van der Waals surface area contributed by atoms with Crippen molar-refractivity contribution in [2.75, 3.05) is 0 Å². The Morgan fingerprint density at radius 3 is 2.07 bits per heavy atom. The molecule has 0 aliphatic heterocycles. The molecule has 0 bridgehead atoms. The number of rotatable bonds is 8. The van der Waals surface area contributed by atoms with Crippen LogP contribution in [0.1, 0.15) is 29.8 Å².